The summed E-state index contributed by atoms with van der Waals surface area (Å²) in [4.78, 5) is 39.6. The number of benzene rings is 1. The third-order valence-electron chi connectivity index (χ3n) is 5.85. The van der Waals surface area contributed by atoms with Crippen LogP contribution in [-0.4, -0.2) is 40.5 Å². The Labute approximate surface area is 183 Å². The van der Waals surface area contributed by atoms with E-state index in [-0.39, 0.29) is 24.3 Å². The Kier molecular flexibility index (Phi) is 8.30. The van der Waals surface area contributed by atoms with Crippen molar-refractivity contribution in [1.29, 1.82) is 0 Å². The lowest BCUT2D eigenvalue weighted by Crippen LogP contribution is -2.58. The quantitative estimate of drug-likeness (QED) is 0.441. The largest absolute Gasteiger partial charge is 0.481 e. The number of aliphatic carboxylic acids is 1. The number of halogens is 1. The lowest BCUT2D eigenvalue weighted by Gasteiger charge is -2.50. The van der Waals surface area contributed by atoms with Crippen molar-refractivity contribution < 1.29 is 24.2 Å². The molecule has 0 aliphatic carbocycles. The summed E-state index contributed by atoms with van der Waals surface area (Å²) in [7, 11) is 0. The number of hydrogen-bond acceptors (Lipinski definition) is 4. The fourth-order valence-corrected chi connectivity index (χ4v) is 4.60. The third kappa shape index (κ3) is 5.34. The molecule has 1 aromatic carbocycles. The molecule has 1 fully saturated rings. The number of carboxylic acids is 1. The fraction of sp³-hybridized carbons (Fsp3) is 0.609. The van der Waals surface area contributed by atoms with Crippen LogP contribution in [0.1, 0.15) is 71.4 Å². The van der Waals surface area contributed by atoms with Crippen molar-refractivity contribution in [3.63, 3.8) is 0 Å². The molecule has 0 unspecified atom stereocenters. The predicted octanol–water partition coefficient (Wildman–Crippen LogP) is 4.85. The van der Waals surface area contributed by atoms with Crippen LogP contribution in [0, 0.1) is 11.3 Å². The molecule has 30 heavy (non-hydrogen) atoms. The third-order valence-corrected chi connectivity index (χ3v) is 6.10. The fourth-order valence-electron chi connectivity index (χ4n) is 4.48. The van der Waals surface area contributed by atoms with Crippen molar-refractivity contribution in [1.82, 2.24) is 4.90 Å². The van der Waals surface area contributed by atoms with E-state index in [1.807, 2.05) is 32.9 Å². The lowest BCUT2D eigenvalue weighted by molar-refractivity contribution is -0.171. The number of hydrogen-bond donors (Lipinski definition) is 1. The Hall–Kier alpha value is -2.08. The number of carbonyl (C=O) groups is 3. The maximum Gasteiger partial charge on any atom is 0.328 e. The summed E-state index contributed by atoms with van der Waals surface area (Å²) < 4.78 is 5.45. The zero-order valence-electron chi connectivity index (χ0n) is 18.2. The molecule has 1 aliphatic rings. The predicted molar refractivity (Wildman–Crippen MR) is 115 cm³/mol. The Balaban J connectivity index is 2.48. The Bertz CT molecular complexity index is 765. The van der Waals surface area contributed by atoms with Crippen LogP contribution in [0.25, 0.3) is 0 Å². The minimum absolute atomic E-state index is 0.0503. The number of likely N-dealkylation sites (tertiary alicyclic amines) is 1. The molecule has 7 heteroatoms. The molecule has 0 saturated carbocycles. The van der Waals surface area contributed by atoms with Crippen LogP contribution < -0.4 is 0 Å². The van der Waals surface area contributed by atoms with Gasteiger partial charge in [0.05, 0.1) is 24.5 Å². The van der Waals surface area contributed by atoms with Crippen molar-refractivity contribution in [2.75, 3.05) is 6.61 Å². The number of esters is 1. The molecular weight excluding hydrogens is 406 g/mol. The highest BCUT2D eigenvalue weighted by atomic mass is 35.5. The van der Waals surface area contributed by atoms with Gasteiger partial charge in [-0.25, -0.2) is 4.79 Å². The zero-order chi connectivity index (χ0) is 22.5. The number of nitrogens with zero attached hydrogens (tertiary/aromatic N) is 1. The van der Waals surface area contributed by atoms with Crippen molar-refractivity contribution in [3.8, 4) is 0 Å². The van der Waals surface area contributed by atoms with Gasteiger partial charge in [-0.1, -0.05) is 57.8 Å². The monoisotopic (exact) mass is 437 g/mol. The molecule has 0 bridgehead atoms. The van der Waals surface area contributed by atoms with Gasteiger partial charge < -0.3 is 14.7 Å². The van der Waals surface area contributed by atoms with E-state index in [2.05, 4.69) is 0 Å². The first-order valence-electron chi connectivity index (χ1n) is 10.6. The topological polar surface area (TPSA) is 83.9 Å². The summed E-state index contributed by atoms with van der Waals surface area (Å²) in [5.74, 6) is -1.83. The Morgan fingerprint density at radius 3 is 2.47 bits per heavy atom. The van der Waals surface area contributed by atoms with Gasteiger partial charge in [-0.15, -0.1) is 0 Å². The smallest absolute Gasteiger partial charge is 0.328 e. The van der Waals surface area contributed by atoms with E-state index in [0.29, 0.717) is 24.5 Å². The van der Waals surface area contributed by atoms with Crippen LogP contribution in [-0.2, 0) is 19.1 Å². The number of piperidine rings is 1. The summed E-state index contributed by atoms with van der Waals surface area (Å²) in [6, 6.07) is 6.11. The summed E-state index contributed by atoms with van der Waals surface area (Å²) in [6.45, 7) is 7.83. The summed E-state index contributed by atoms with van der Waals surface area (Å²) in [6.07, 6.45) is 2.18. The second kappa shape index (κ2) is 10.3. The molecule has 1 aromatic rings. The number of carboxylic acid groups (broad SMARTS) is 1. The highest BCUT2D eigenvalue weighted by molar-refractivity contribution is 6.30. The van der Waals surface area contributed by atoms with Gasteiger partial charge in [0.25, 0.3) is 0 Å². The molecule has 0 radical (unpaired) electrons. The standard InChI is InChI=1S/C23H32ClNO5/c1-5-7-12-30-21(28)18(6-2)25-20(16-8-10-17(24)11-9-16)15(3)13-23(4,22(25)29)14-19(26)27/h8-11,15,18,20H,5-7,12-14H2,1-4H3,(H,26,27)/t15-,18-,20-,23-/m0/s1. The van der Waals surface area contributed by atoms with Gasteiger partial charge in [0.15, 0.2) is 0 Å². The molecule has 0 spiro atoms. The highest BCUT2D eigenvalue weighted by Crippen LogP contribution is 2.47. The summed E-state index contributed by atoms with van der Waals surface area (Å²) in [5, 5.41) is 9.99. The summed E-state index contributed by atoms with van der Waals surface area (Å²) in [5.41, 5.74) is -0.205. The van der Waals surface area contributed by atoms with Crippen LogP contribution in [0.5, 0.6) is 0 Å². The van der Waals surface area contributed by atoms with Crippen molar-refractivity contribution >= 4 is 29.4 Å². The maximum absolute atomic E-state index is 13.6. The molecule has 1 N–H and O–H groups in total. The first kappa shape index (κ1) is 24.2. The average molecular weight is 438 g/mol. The first-order valence-corrected chi connectivity index (χ1v) is 11.0. The van der Waals surface area contributed by atoms with Crippen molar-refractivity contribution in [2.24, 2.45) is 11.3 Å². The van der Waals surface area contributed by atoms with E-state index >= 15 is 0 Å². The van der Waals surface area contributed by atoms with E-state index in [1.165, 1.54) is 0 Å². The molecule has 0 aromatic heterocycles. The Morgan fingerprint density at radius 2 is 1.93 bits per heavy atom. The second-order valence-electron chi connectivity index (χ2n) is 8.47. The molecule has 1 amide bonds. The van der Waals surface area contributed by atoms with Gasteiger partial charge in [0, 0.05) is 5.02 Å². The average Bonchev–Trinajstić information content (AvgIpc) is 2.67. The molecule has 6 nitrogen and oxygen atoms in total. The second-order valence-corrected chi connectivity index (χ2v) is 8.90. The van der Waals surface area contributed by atoms with E-state index in [0.717, 1.165) is 18.4 Å². The molecule has 1 aliphatic heterocycles. The van der Waals surface area contributed by atoms with Gasteiger partial charge in [0.1, 0.15) is 6.04 Å². The van der Waals surface area contributed by atoms with Crippen LogP contribution in [0.15, 0.2) is 24.3 Å². The SMILES string of the molecule is CCCCOC(=O)[C@H](CC)N1C(=O)[C@](C)(CC(=O)O)C[C@H](C)[C@H]1c1ccc(Cl)cc1. The minimum Gasteiger partial charge on any atom is -0.481 e. The molecule has 1 heterocycles. The number of unbranched alkanes of at least 4 members (excludes halogenated alkanes) is 1. The number of amides is 1. The van der Waals surface area contributed by atoms with Gasteiger partial charge in [0.2, 0.25) is 5.91 Å². The summed E-state index contributed by atoms with van der Waals surface area (Å²) >= 11 is 6.05. The van der Waals surface area contributed by atoms with Gasteiger partial charge in [-0.3, -0.25) is 9.59 Å². The van der Waals surface area contributed by atoms with E-state index in [4.69, 9.17) is 16.3 Å². The molecule has 4 atom stereocenters. The van der Waals surface area contributed by atoms with Crippen LogP contribution in [0.4, 0.5) is 0 Å². The maximum atomic E-state index is 13.6. The van der Waals surface area contributed by atoms with Gasteiger partial charge in [-0.05, 0) is 42.9 Å². The van der Waals surface area contributed by atoms with E-state index in [9.17, 15) is 19.5 Å². The molecule has 166 valence electrons. The Morgan fingerprint density at radius 1 is 1.30 bits per heavy atom. The number of carbonyl (C=O) groups excluding carboxylic acids is 2. The van der Waals surface area contributed by atoms with E-state index in [1.54, 1.807) is 24.0 Å². The van der Waals surface area contributed by atoms with E-state index < -0.39 is 23.4 Å². The van der Waals surface area contributed by atoms with Crippen LogP contribution >= 0.6 is 11.6 Å². The minimum atomic E-state index is -1.08. The lowest BCUT2D eigenvalue weighted by atomic mass is 9.69. The van der Waals surface area contributed by atoms with Crippen molar-refractivity contribution in [3.05, 3.63) is 34.9 Å². The normalized spacial score (nSPS) is 25.1. The zero-order valence-corrected chi connectivity index (χ0v) is 18.9. The molecular formula is C23H32ClNO5. The van der Waals surface area contributed by atoms with Crippen LogP contribution in [0.2, 0.25) is 5.02 Å². The van der Waals surface area contributed by atoms with Crippen molar-refractivity contribution in [2.45, 2.75) is 71.9 Å². The molecule has 2 rings (SSSR count). The van der Waals surface area contributed by atoms with Gasteiger partial charge >= 0.3 is 11.9 Å². The van der Waals surface area contributed by atoms with Crippen LogP contribution in [0.3, 0.4) is 0 Å². The highest BCUT2D eigenvalue weighted by Gasteiger charge is 2.52. The first-order chi connectivity index (χ1) is 14.1. The number of rotatable bonds is 9. The molecule has 1 saturated heterocycles. The van der Waals surface area contributed by atoms with Gasteiger partial charge in [-0.2, -0.15) is 0 Å². The number of ether oxygens (including phenoxy) is 1.